The molecular formula is C43H35BO2S. The zero-order chi connectivity index (χ0) is 31.7. The van der Waals surface area contributed by atoms with Gasteiger partial charge in [-0.1, -0.05) is 103 Å². The van der Waals surface area contributed by atoms with Crippen molar-refractivity contribution in [1.29, 1.82) is 0 Å². The highest BCUT2D eigenvalue weighted by Crippen LogP contribution is 2.62. The van der Waals surface area contributed by atoms with Crippen molar-refractivity contribution in [3.8, 4) is 11.1 Å². The number of benzene rings is 5. The first-order valence-corrected chi connectivity index (χ1v) is 17.7. The second kappa shape index (κ2) is 9.44. The Morgan fingerprint density at radius 1 is 0.638 bits per heavy atom. The van der Waals surface area contributed by atoms with Crippen LogP contribution in [0.4, 0.5) is 0 Å². The molecule has 1 aromatic heterocycles. The van der Waals surface area contributed by atoms with Crippen LogP contribution < -0.4 is 5.46 Å². The standard InChI is InChI=1S/C43H35BO2S/c1-41(2)42(3,4)46-44(45-41)26-21-22-30-28-14-6-5-13-27(28)29-15-7-10-18-33(29)43(36(30)25-26)34-19-11-8-16-31(34)39-35(43)23-24-38-40(39)32-17-9-12-20-37(32)47-38/h6-12,14-25H,5,13H2,1-4H3. The molecule has 1 atom stereocenters. The van der Waals surface area contributed by atoms with Crippen molar-refractivity contribution in [3.63, 3.8) is 0 Å². The van der Waals surface area contributed by atoms with E-state index in [2.05, 4.69) is 143 Å². The quantitative estimate of drug-likeness (QED) is 0.169. The fraction of sp³-hybridized carbons (Fsp3) is 0.209. The molecule has 228 valence electrons. The molecule has 0 saturated carbocycles. The summed E-state index contributed by atoms with van der Waals surface area (Å²) >= 11 is 1.90. The van der Waals surface area contributed by atoms with Crippen LogP contribution in [0.25, 0.3) is 42.4 Å². The van der Waals surface area contributed by atoms with Crippen molar-refractivity contribution in [1.82, 2.24) is 0 Å². The van der Waals surface area contributed by atoms with Crippen molar-refractivity contribution < 1.29 is 9.31 Å². The Labute approximate surface area is 280 Å². The van der Waals surface area contributed by atoms with Gasteiger partial charge in [0.05, 0.1) is 16.6 Å². The van der Waals surface area contributed by atoms with Crippen molar-refractivity contribution in [2.45, 2.75) is 57.2 Å². The summed E-state index contributed by atoms with van der Waals surface area (Å²) in [4.78, 5) is 0. The highest BCUT2D eigenvalue weighted by molar-refractivity contribution is 7.26. The Morgan fingerprint density at radius 2 is 1.34 bits per heavy atom. The summed E-state index contributed by atoms with van der Waals surface area (Å²) in [6.07, 6.45) is 6.80. The summed E-state index contributed by atoms with van der Waals surface area (Å²) in [7, 11) is -0.449. The SMILES string of the molecule is CC1(C)OB(c2ccc3c(c2)C2(c4ccccc4C4=C3C=CCC4)c3ccccc3-c3c2ccc2sc4ccccc4c32)OC1(C)C. The van der Waals surface area contributed by atoms with E-state index in [-0.39, 0.29) is 0 Å². The third-order valence-electron chi connectivity index (χ3n) is 11.6. The number of hydrogen-bond acceptors (Lipinski definition) is 3. The van der Waals surface area contributed by atoms with E-state index >= 15 is 0 Å². The lowest BCUT2D eigenvalue weighted by Crippen LogP contribution is -2.41. The van der Waals surface area contributed by atoms with Crippen LogP contribution in [0, 0.1) is 0 Å². The van der Waals surface area contributed by atoms with Crippen LogP contribution in [0.2, 0.25) is 0 Å². The Balaban J connectivity index is 1.37. The molecule has 1 saturated heterocycles. The Kier molecular flexibility index (Phi) is 5.60. The number of rotatable bonds is 1. The van der Waals surface area contributed by atoms with Gasteiger partial charge in [0.25, 0.3) is 0 Å². The van der Waals surface area contributed by atoms with Crippen molar-refractivity contribution in [3.05, 3.63) is 149 Å². The van der Waals surface area contributed by atoms with Gasteiger partial charge in [0, 0.05) is 20.2 Å². The summed E-state index contributed by atoms with van der Waals surface area (Å²) in [5.74, 6) is 0. The van der Waals surface area contributed by atoms with Crippen LogP contribution in [0.1, 0.15) is 73.9 Å². The Bertz CT molecular complexity index is 2370. The molecule has 6 aromatic rings. The molecule has 3 aliphatic carbocycles. The zero-order valence-electron chi connectivity index (χ0n) is 27.2. The maximum absolute atomic E-state index is 6.69. The van der Waals surface area contributed by atoms with Crippen molar-refractivity contribution in [2.75, 3.05) is 0 Å². The van der Waals surface area contributed by atoms with Gasteiger partial charge in [0.15, 0.2) is 0 Å². The minimum atomic E-state index is -0.528. The van der Waals surface area contributed by atoms with Crippen molar-refractivity contribution in [2.24, 2.45) is 0 Å². The fourth-order valence-electron chi connectivity index (χ4n) is 8.81. The van der Waals surface area contributed by atoms with Gasteiger partial charge in [-0.2, -0.15) is 0 Å². The van der Waals surface area contributed by atoms with Gasteiger partial charge in [-0.25, -0.2) is 0 Å². The lowest BCUT2D eigenvalue weighted by atomic mass is 9.64. The molecule has 4 heteroatoms. The smallest absolute Gasteiger partial charge is 0.399 e. The predicted molar refractivity (Wildman–Crippen MR) is 198 cm³/mol. The number of allylic oxidation sites excluding steroid dienone is 4. The molecule has 1 unspecified atom stereocenters. The van der Waals surface area contributed by atoms with Crippen LogP contribution in [0.15, 0.2) is 115 Å². The zero-order valence-corrected chi connectivity index (χ0v) is 28.0. The number of thiophene rings is 1. The molecule has 0 amide bonds. The molecule has 4 aliphatic rings. The van der Waals surface area contributed by atoms with Crippen LogP contribution in [0.3, 0.4) is 0 Å². The van der Waals surface area contributed by atoms with Gasteiger partial charge in [0.2, 0.25) is 0 Å². The van der Waals surface area contributed by atoms with Crippen LogP contribution in [-0.2, 0) is 14.7 Å². The van der Waals surface area contributed by atoms with E-state index in [0.29, 0.717) is 0 Å². The molecule has 0 radical (unpaired) electrons. The van der Waals surface area contributed by atoms with E-state index in [9.17, 15) is 0 Å². The molecule has 1 fully saturated rings. The summed E-state index contributed by atoms with van der Waals surface area (Å²) < 4.78 is 16.0. The molecule has 5 aromatic carbocycles. The van der Waals surface area contributed by atoms with Gasteiger partial charge in [0.1, 0.15) is 0 Å². The molecule has 2 heterocycles. The molecule has 1 spiro atoms. The molecule has 0 bridgehead atoms. The van der Waals surface area contributed by atoms with Gasteiger partial charge in [-0.3, -0.25) is 0 Å². The van der Waals surface area contributed by atoms with E-state index in [1.54, 1.807) is 0 Å². The maximum Gasteiger partial charge on any atom is 0.494 e. The predicted octanol–water partition coefficient (Wildman–Crippen LogP) is 10.3. The number of hydrogen-bond donors (Lipinski definition) is 0. The summed E-state index contributed by atoms with van der Waals surface area (Å²) in [6, 6.07) is 39.2. The first-order chi connectivity index (χ1) is 22.8. The molecular weight excluding hydrogens is 591 g/mol. The molecule has 47 heavy (non-hydrogen) atoms. The normalized spacial score (nSPS) is 21.5. The van der Waals surface area contributed by atoms with Crippen LogP contribution >= 0.6 is 11.3 Å². The van der Waals surface area contributed by atoms with E-state index in [1.807, 2.05) is 11.3 Å². The topological polar surface area (TPSA) is 18.5 Å². The van der Waals surface area contributed by atoms with Gasteiger partial charge < -0.3 is 9.31 Å². The third kappa shape index (κ3) is 3.53. The lowest BCUT2D eigenvalue weighted by molar-refractivity contribution is 0.00578. The second-order valence-electron chi connectivity index (χ2n) is 14.5. The first kappa shape index (κ1) is 27.9. The Morgan fingerprint density at radius 3 is 2.15 bits per heavy atom. The van der Waals surface area contributed by atoms with Crippen LogP contribution in [-0.4, -0.2) is 18.3 Å². The minimum absolute atomic E-state index is 0.422. The second-order valence-corrected chi connectivity index (χ2v) is 15.6. The van der Waals surface area contributed by atoms with Gasteiger partial charge >= 0.3 is 7.12 Å². The van der Waals surface area contributed by atoms with Gasteiger partial charge in [-0.15, -0.1) is 11.3 Å². The molecule has 10 rings (SSSR count). The van der Waals surface area contributed by atoms with Crippen LogP contribution in [0.5, 0.6) is 0 Å². The largest absolute Gasteiger partial charge is 0.494 e. The van der Waals surface area contributed by atoms with Crippen molar-refractivity contribution >= 4 is 55.2 Å². The number of fused-ring (bicyclic) bond motifs is 15. The Hall–Kier alpha value is -4.22. The highest BCUT2D eigenvalue weighted by Gasteiger charge is 2.54. The average Bonchev–Trinajstić information content (AvgIpc) is 3.66. The maximum atomic E-state index is 6.69. The van der Waals surface area contributed by atoms with E-state index < -0.39 is 23.7 Å². The molecule has 0 N–H and O–H groups in total. The van der Waals surface area contributed by atoms with E-state index in [0.717, 1.165) is 18.3 Å². The fourth-order valence-corrected chi connectivity index (χ4v) is 9.92. The average molecular weight is 627 g/mol. The summed E-state index contributed by atoms with van der Waals surface area (Å²) in [5.41, 5.74) is 13.2. The molecule has 1 aliphatic heterocycles. The summed E-state index contributed by atoms with van der Waals surface area (Å²) in [6.45, 7) is 8.55. The monoisotopic (exact) mass is 626 g/mol. The minimum Gasteiger partial charge on any atom is -0.399 e. The first-order valence-electron chi connectivity index (χ1n) is 16.8. The highest BCUT2D eigenvalue weighted by atomic mass is 32.1. The molecule has 2 nitrogen and oxygen atoms in total. The van der Waals surface area contributed by atoms with E-state index in [1.165, 1.54) is 75.8 Å². The lowest BCUT2D eigenvalue weighted by Gasteiger charge is -2.36. The third-order valence-corrected chi connectivity index (χ3v) is 12.8. The van der Waals surface area contributed by atoms with E-state index in [4.69, 9.17) is 9.31 Å². The summed E-state index contributed by atoms with van der Waals surface area (Å²) in [5, 5.41) is 2.71. The van der Waals surface area contributed by atoms with Gasteiger partial charge in [-0.05, 0) is 114 Å².